The van der Waals surface area contributed by atoms with Crippen LogP contribution in [0.5, 0.6) is 5.75 Å². The standard InChI is InChI=1S/C26H31F3N4O5S/c1-24(2,3)39(36,37)32-23(35)21-20-19(31-33(21)11-9-15-4-5-15)13-25(30-22(20)34)10-8-16-12-17(6-7-18(16)25)38-14-26(27,28)29/h6-7,12,15H,4-5,8-11,13-14H2,1-3H3,(H,30,34)(H,32,35)/t25-/m0/s1. The van der Waals surface area contributed by atoms with Gasteiger partial charge < -0.3 is 10.1 Å². The van der Waals surface area contributed by atoms with Gasteiger partial charge in [0.05, 0.1) is 21.5 Å². The van der Waals surface area contributed by atoms with E-state index in [1.54, 1.807) is 12.1 Å². The number of benzene rings is 1. The first-order chi connectivity index (χ1) is 18.1. The fourth-order valence-electron chi connectivity index (χ4n) is 5.21. The molecule has 2 heterocycles. The van der Waals surface area contributed by atoms with Crippen molar-refractivity contribution < 1.29 is 35.9 Å². The third kappa shape index (κ3) is 5.37. The van der Waals surface area contributed by atoms with Gasteiger partial charge in [-0.1, -0.05) is 18.9 Å². The fraction of sp³-hybridized carbons (Fsp3) is 0.577. The molecule has 0 bridgehead atoms. The Morgan fingerprint density at radius 3 is 2.62 bits per heavy atom. The van der Waals surface area contributed by atoms with Crippen LogP contribution in [0.3, 0.4) is 0 Å². The van der Waals surface area contributed by atoms with Crippen LogP contribution in [0.1, 0.15) is 84.1 Å². The van der Waals surface area contributed by atoms with Gasteiger partial charge in [-0.15, -0.1) is 0 Å². The van der Waals surface area contributed by atoms with Gasteiger partial charge in [-0.3, -0.25) is 14.3 Å². The Hall–Kier alpha value is -3.09. The third-order valence-electron chi connectivity index (χ3n) is 7.58. The SMILES string of the molecule is CC(C)(C)S(=O)(=O)NC(=O)c1c2c(nn1CCC1CC1)C[C@]1(CCc3cc(OCC(F)(F)F)ccc31)NC2=O. The van der Waals surface area contributed by atoms with Crippen molar-refractivity contribution in [3.05, 3.63) is 46.3 Å². The Kier molecular flexibility index (Phi) is 6.51. The van der Waals surface area contributed by atoms with Crippen LogP contribution in [0.2, 0.25) is 0 Å². The van der Waals surface area contributed by atoms with Crippen molar-refractivity contribution in [3.63, 3.8) is 0 Å². The second-order valence-electron chi connectivity index (χ2n) is 11.6. The number of nitrogens with zero attached hydrogens (tertiary/aromatic N) is 2. The van der Waals surface area contributed by atoms with Crippen molar-refractivity contribution in [1.29, 1.82) is 0 Å². The van der Waals surface area contributed by atoms with E-state index in [-0.39, 0.29) is 23.4 Å². The zero-order chi connectivity index (χ0) is 28.4. The lowest BCUT2D eigenvalue weighted by Gasteiger charge is -2.35. The summed E-state index contributed by atoms with van der Waals surface area (Å²) in [7, 11) is -4.04. The van der Waals surface area contributed by atoms with Crippen LogP contribution < -0.4 is 14.8 Å². The minimum Gasteiger partial charge on any atom is -0.484 e. The molecule has 5 rings (SSSR count). The van der Waals surface area contributed by atoms with Gasteiger partial charge >= 0.3 is 6.18 Å². The molecule has 1 aromatic carbocycles. The largest absolute Gasteiger partial charge is 0.484 e. The molecule has 0 radical (unpaired) electrons. The second-order valence-corrected chi connectivity index (χ2v) is 14.0. The minimum atomic E-state index is -4.46. The van der Waals surface area contributed by atoms with E-state index in [0.29, 0.717) is 31.0 Å². The number of ether oxygens (including phenoxy) is 1. The Balaban J connectivity index is 1.47. The van der Waals surface area contributed by atoms with Gasteiger partial charge in [0.15, 0.2) is 6.61 Å². The van der Waals surface area contributed by atoms with Gasteiger partial charge in [0.2, 0.25) is 10.0 Å². The highest BCUT2D eigenvalue weighted by Gasteiger charge is 2.47. The van der Waals surface area contributed by atoms with E-state index in [1.165, 1.54) is 31.5 Å². The molecular formula is C26H31F3N4O5S. The predicted molar refractivity (Wildman–Crippen MR) is 135 cm³/mol. The van der Waals surface area contributed by atoms with Crippen molar-refractivity contribution in [3.8, 4) is 5.75 Å². The number of sulfonamides is 1. The van der Waals surface area contributed by atoms with Crippen molar-refractivity contribution in [2.24, 2.45) is 5.92 Å². The van der Waals surface area contributed by atoms with Crippen LogP contribution >= 0.6 is 0 Å². The Morgan fingerprint density at radius 2 is 1.97 bits per heavy atom. The lowest BCUT2D eigenvalue weighted by Crippen LogP contribution is -2.50. The molecule has 1 aliphatic heterocycles. The van der Waals surface area contributed by atoms with Crippen molar-refractivity contribution >= 4 is 21.8 Å². The lowest BCUT2D eigenvalue weighted by molar-refractivity contribution is -0.153. The number of aromatic nitrogens is 2. The normalized spacial score (nSPS) is 20.9. The molecule has 2 N–H and O–H groups in total. The Morgan fingerprint density at radius 1 is 1.26 bits per heavy atom. The molecule has 2 amide bonds. The zero-order valence-corrected chi connectivity index (χ0v) is 22.8. The van der Waals surface area contributed by atoms with E-state index < -0.39 is 44.9 Å². The monoisotopic (exact) mass is 568 g/mol. The highest BCUT2D eigenvalue weighted by molar-refractivity contribution is 7.91. The number of rotatable bonds is 7. The van der Waals surface area contributed by atoms with Crippen LogP contribution in [-0.4, -0.2) is 47.5 Å². The molecule has 2 aromatic rings. The van der Waals surface area contributed by atoms with E-state index in [2.05, 4.69) is 15.1 Å². The lowest BCUT2D eigenvalue weighted by atomic mass is 9.82. The van der Waals surface area contributed by atoms with Crippen molar-refractivity contribution in [1.82, 2.24) is 19.8 Å². The molecule has 9 nitrogen and oxygen atoms in total. The fourth-order valence-corrected chi connectivity index (χ4v) is 5.85. The van der Waals surface area contributed by atoms with E-state index in [1.807, 2.05) is 0 Å². The summed E-state index contributed by atoms with van der Waals surface area (Å²) in [6.45, 7) is 3.38. The van der Waals surface area contributed by atoms with Gasteiger partial charge in [-0.05, 0) is 69.2 Å². The second kappa shape index (κ2) is 9.24. The molecule has 1 fully saturated rings. The molecule has 13 heteroatoms. The molecule has 1 saturated carbocycles. The van der Waals surface area contributed by atoms with Gasteiger partial charge in [0.25, 0.3) is 11.8 Å². The summed E-state index contributed by atoms with van der Waals surface area (Å²) < 4.78 is 70.4. The number of hydrogen-bond donors (Lipinski definition) is 2. The molecule has 212 valence electrons. The topological polar surface area (TPSA) is 119 Å². The van der Waals surface area contributed by atoms with E-state index in [9.17, 15) is 31.2 Å². The smallest absolute Gasteiger partial charge is 0.422 e. The first-order valence-corrected chi connectivity index (χ1v) is 14.4. The molecule has 0 unspecified atom stereocenters. The highest BCUT2D eigenvalue weighted by Crippen LogP contribution is 2.44. The maximum Gasteiger partial charge on any atom is 0.422 e. The molecule has 3 aliphatic rings. The quantitative estimate of drug-likeness (QED) is 0.527. The van der Waals surface area contributed by atoms with Gasteiger partial charge in [-0.2, -0.15) is 18.3 Å². The molecular weight excluding hydrogens is 537 g/mol. The van der Waals surface area contributed by atoms with Crippen LogP contribution in [0, 0.1) is 5.92 Å². The average Bonchev–Trinajstić information content (AvgIpc) is 3.49. The van der Waals surface area contributed by atoms with Gasteiger partial charge in [0, 0.05) is 13.0 Å². The third-order valence-corrected chi connectivity index (χ3v) is 9.65. The van der Waals surface area contributed by atoms with Crippen molar-refractivity contribution in [2.75, 3.05) is 6.61 Å². The summed E-state index contributed by atoms with van der Waals surface area (Å²) in [6, 6.07) is 4.67. The first kappa shape index (κ1) is 27.5. The average molecular weight is 569 g/mol. The maximum atomic E-state index is 13.5. The molecule has 0 saturated heterocycles. The summed E-state index contributed by atoms with van der Waals surface area (Å²) in [6.07, 6.45) is -0.289. The summed E-state index contributed by atoms with van der Waals surface area (Å²) in [4.78, 5) is 26.9. The number of carbonyl (C=O) groups is 2. The van der Waals surface area contributed by atoms with Crippen LogP contribution in [-0.2, 0) is 34.9 Å². The van der Waals surface area contributed by atoms with Crippen LogP contribution in [0.4, 0.5) is 13.2 Å². The van der Waals surface area contributed by atoms with E-state index in [0.717, 1.165) is 30.4 Å². The summed E-state index contributed by atoms with van der Waals surface area (Å²) in [5, 5.41) is 7.65. The van der Waals surface area contributed by atoms with Gasteiger partial charge in [-0.25, -0.2) is 13.1 Å². The van der Waals surface area contributed by atoms with Crippen LogP contribution in [0.25, 0.3) is 0 Å². The van der Waals surface area contributed by atoms with Crippen LogP contribution in [0.15, 0.2) is 18.2 Å². The highest BCUT2D eigenvalue weighted by atomic mass is 32.2. The molecule has 1 spiro atoms. The summed E-state index contributed by atoms with van der Waals surface area (Å²) >= 11 is 0. The number of halogens is 3. The molecule has 1 aromatic heterocycles. The molecule has 39 heavy (non-hydrogen) atoms. The number of fused-ring (bicyclic) bond motifs is 3. The Labute approximate surface area is 224 Å². The minimum absolute atomic E-state index is 0.0524. The predicted octanol–water partition coefficient (Wildman–Crippen LogP) is 3.61. The zero-order valence-electron chi connectivity index (χ0n) is 21.9. The maximum absolute atomic E-state index is 13.5. The van der Waals surface area contributed by atoms with E-state index >= 15 is 0 Å². The number of amides is 2. The summed E-state index contributed by atoms with van der Waals surface area (Å²) in [5.74, 6) is -0.846. The summed E-state index contributed by atoms with van der Waals surface area (Å²) in [5.41, 5.74) is 1.04. The number of aryl methyl sites for hydroxylation is 2. The number of carbonyl (C=O) groups excluding carboxylic acids is 2. The Bertz CT molecular complexity index is 1440. The first-order valence-electron chi connectivity index (χ1n) is 12.9. The van der Waals surface area contributed by atoms with Gasteiger partial charge in [0.1, 0.15) is 11.4 Å². The number of nitrogens with one attached hydrogen (secondary N) is 2. The van der Waals surface area contributed by atoms with Crippen molar-refractivity contribution in [2.45, 2.75) is 82.3 Å². The number of alkyl halides is 3. The molecule has 2 aliphatic carbocycles. The van der Waals surface area contributed by atoms with E-state index in [4.69, 9.17) is 4.74 Å². The molecule has 1 atom stereocenters. The number of hydrogen-bond acceptors (Lipinski definition) is 6.